The Kier molecular flexibility index (Phi) is 6.01. The Morgan fingerprint density at radius 1 is 0.906 bits per heavy atom. The Bertz CT molecular complexity index is 1080. The number of amides is 1. The van der Waals surface area contributed by atoms with E-state index in [0.717, 1.165) is 56.8 Å². The monoisotopic (exact) mass is 427 g/mol. The molecule has 1 amide bonds. The molecule has 1 N–H and O–H groups in total. The van der Waals surface area contributed by atoms with Gasteiger partial charge in [0, 0.05) is 45.1 Å². The molecule has 0 bridgehead atoms. The molecule has 32 heavy (non-hydrogen) atoms. The molecule has 1 saturated heterocycles. The minimum Gasteiger partial charge on any atom is -0.365 e. The molecule has 2 aromatic heterocycles. The molecule has 6 heteroatoms. The van der Waals surface area contributed by atoms with E-state index < -0.39 is 0 Å². The lowest BCUT2D eigenvalue weighted by Crippen LogP contribution is -2.36. The highest BCUT2D eigenvalue weighted by molar-refractivity contribution is 5.98. The highest BCUT2D eigenvalue weighted by Crippen LogP contribution is 2.23. The number of rotatable bonds is 5. The van der Waals surface area contributed by atoms with E-state index in [2.05, 4.69) is 51.6 Å². The molecule has 0 spiro atoms. The van der Waals surface area contributed by atoms with Crippen LogP contribution in [0.25, 0.3) is 0 Å². The molecule has 0 aliphatic carbocycles. The number of benzene rings is 1. The lowest BCUT2D eigenvalue weighted by Gasteiger charge is -2.29. The molecule has 164 valence electrons. The fraction of sp³-hybridized carbons (Fsp3) is 0.346. The molecule has 6 nitrogen and oxygen atoms in total. The van der Waals surface area contributed by atoms with Gasteiger partial charge in [0.1, 0.15) is 11.6 Å². The van der Waals surface area contributed by atoms with Crippen molar-refractivity contribution >= 4 is 17.5 Å². The van der Waals surface area contributed by atoms with Crippen molar-refractivity contribution in [1.29, 1.82) is 0 Å². The van der Waals surface area contributed by atoms with Gasteiger partial charge >= 0.3 is 0 Å². The summed E-state index contributed by atoms with van der Waals surface area (Å²) in [7, 11) is 0. The molecule has 2 aliphatic rings. The number of carbonyl (C=O) groups excluding carboxylic acids is 1. The summed E-state index contributed by atoms with van der Waals surface area (Å²) in [6.45, 7) is 4.13. The van der Waals surface area contributed by atoms with Crippen molar-refractivity contribution < 1.29 is 4.79 Å². The summed E-state index contributed by atoms with van der Waals surface area (Å²) >= 11 is 0. The average molecular weight is 428 g/mol. The quantitative estimate of drug-likeness (QED) is 0.659. The summed E-state index contributed by atoms with van der Waals surface area (Å²) in [4.78, 5) is 26.4. The van der Waals surface area contributed by atoms with Gasteiger partial charge in [-0.2, -0.15) is 0 Å². The third kappa shape index (κ3) is 4.44. The van der Waals surface area contributed by atoms with Gasteiger partial charge in [0.2, 0.25) is 0 Å². The number of pyridine rings is 2. The van der Waals surface area contributed by atoms with Crippen molar-refractivity contribution in [2.75, 3.05) is 29.9 Å². The van der Waals surface area contributed by atoms with E-state index in [9.17, 15) is 4.79 Å². The van der Waals surface area contributed by atoms with Crippen molar-refractivity contribution in [2.45, 2.75) is 38.8 Å². The second kappa shape index (κ2) is 9.39. The normalized spacial score (nSPS) is 15.9. The van der Waals surface area contributed by atoms with E-state index in [1.807, 2.05) is 23.2 Å². The van der Waals surface area contributed by atoms with Crippen LogP contribution in [0.15, 0.2) is 60.9 Å². The third-order valence-corrected chi connectivity index (χ3v) is 6.41. The number of nitrogens with zero attached hydrogens (tertiary/aromatic N) is 4. The van der Waals surface area contributed by atoms with Gasteiger partial charge < -0.3 is 15.1 Å². The minimum atomic E-state index is 0.0687. The van der Waals surface area contributed by atoms with E-state index in [1.54, 1.807) is 6.20 Å². The molecular weight excluding hydrogens is 398 g/mol. The zero-order valence-corrected chi connectivity index (χ0v) is 18.3. The Morgan fingerprint density at radius 3 is 2.56 bits per heavy atom. The number of likely N-dealkylation sites (tertiary alicyclic amines) is 1. The van der Waals surface area contributed by atoms with Gasteiger partial charge in [-0.05, 0) is 60.6 Å². The number of carbonyl (C=O) groups is 1. The molecule has 3 aromatic rings. The fourth-order valence-corrected chi connectivity index (χ4v) is 4.57. The van der Waals surface area contributed by atoms with Crippen LogP contribution in [0.2, 0.25) is 0 Å². The summed E-state index contributed by atoms with van der Waals surface area (Å²) in [5.41, 5.74) is 4.53. The maximum Gasteiger partial charge on any atom is 0.257 e. The van der Waals surface area contributed by atoms with Gasteiger partial charge in [-0.15, -0.1) is 0 Å². The molecular formula is C26H29N5O. The number of hydrogen-bond donors (Lipinski definition) is 1. The van der Waals surface area contributed by atoms with Crippen LogP contribution >= 0.6 is 0 Å². The first-order valence-electron chi connectivity index (χ1n) is 11.5. The van der Waals surface area contributed by atoms with Crippen molar-refractivity contribution in [3.8, 4) is 0 Å². The Morgan fingerprint density at radius 2 is 1.75 bits per heavy atom. The maximum absolute atomic E-state index is 13.0. The minimum absolute atomic E-state index is 0.0687. The molecule has 1 fully saturated rings. The number of anilines is 2. The Hall–Kier alpha value is -3.41. The van der Waals surface area contributed by atoms with Gasteiger partial charge in [0.25, 0.3) is 5.91 Å². The SMILES string of the molecule is O=C(c1cccnc1NCc1ccc(N2CCc3ccccc3C2)nc1)N1CCCCC1. The topological polar surface area (TPSA) is 61.4 Å². The first-order valence-corrected chi connectivity index (χ1v) is 11.5. The van der Waals surface area contributed by atoms with Gasteiger partial charge in [-0.1, -0.05) is 30.3 Å². The number of aromatic nitrogens is 2. The number of piperidine rings is 1. The van der Waals surface area contributed by atoms with Crippen LogP contribution in [0, 0.1) is 0 Å². The summed E-state index contributed by atoms with van der Waals surface area (Å²) in [6.07, 6.45) is 8.05. The summed E-state index contributed by atoms with van der Waals surface area (Å²) in [6, 6.07) is 16.5. The fourth-order valence-electron chi connectivity index (χ4n) is 4.57. The van der Waals surface area contributed by atoms with Crippen molar-refractivity contribution in [3.05, 3.63) is 83.2 Å². The lowest BCUT2D eigenvalue weighted by atomic mass is 10.00. The van der Waals surface area contributed by atoms with Crippen LogP contribution in [-0.4, -0.2) is 40.4 Å². The zero-order chi connectivity index (χ0) is 21.8. The van der Waals surface area contributed by atoms with Crippen LogP contribution in [0.3, 0.4) is 0 Å². The Balaban J connectivity index is 1.23. The summed E-state index contributed by atoms with van der Waals surface area (Å²) in [5.74, 6) is 1.71. The molecule has 0 saturated carbocycles. The standard InChI is InChI=1S/C26H29N5O/c32-26(30-14-4-1-5-15-30)23-9-6-13-27-25(23)29-18-20-10-11-24(28-17-20)31-16-12-21-7-2-3-8-22(21)19-31/h2-3,6-11,13,17H,1,4-5,12,14-16,18-19H2,(H,27,29). The van der Waals surface area contributed by atoms with Crippen LogP contribution in [-0.2, 0) is 19.5 Å². The van der Waals surface area contributed by atoms with Crippen LogP contribution in [0.4, 0.5) is 11.6 Å². The van der Waals surface area contributed by atoms with Gasteiger partial charge in [-0.25, -0.2) is 9.97 Å². The van der Waals surface area contributed by atoms with Gasteiger partial charge in [0.15, 0.2) is 0 Å². The number of fused-ring (bicyclic) bond motifs is 1. The molecule has 5 rings (SSSR count). The highest BCUT2D eigenvalue weighted by Gasteiger charge is 2.21. The summed E-state index contributed by atoms with van der Waals surface area (Å²) < 4.78 is 0. The smallest absolute Gasteiger partial charge is 0.257 e. The van der Waals surface area contributed by atoms with Crippen LogP contribution in [0.5, 0.6) is 0 Å². The largest absolute Gasteiger partial charge is 0.365 e. The summed E-state index contributed by atoms with van der Waals surface area (Å²) in [5, 5.41) is 3.35. The first kappa shape index (κ1) is 20.5. The third-order valence-electron chi connectivity index (χ3n) is 6.41. The van der Waals surface area contributed by atoms with Gasteiger partial charge in [-0.3, -0.25) is 4.79 Å². The van der Waals surface area contributed by atoms with Gasteiger partial charge in [0.05, 0.1) is 5.56 Å². The van der Waals surface area contributed by atoms with E-state index in [0.29, 0.717) is 17.9 Å². The molecule has 0 radical (unpaired) electrons. The van der Waals surface area contributed by atoms with E-state index in [4.69, 9.17) is 4.98 Å². The van der Waals surface area contributed by atoms with Crippen LogP contribution < -0.4 is 10.2 Å². The number of nitrogens with one attached hydrogen (secondary N) is 1. The van der Waals surface area contributed by atoms with E-state index in [-0.39, 0.29) is 5.91 Å². The van der Waals surface area contributed by atoms with E-state index in [1.165, 1.54) is 17.5 Å². The molecule has 2 aliphatic heterocycles. The molecule has 0 unspecified atom stereocenters. The second-order valence-electron chi connectivity index (χ2n) is 8.57. The Labute approximate surface area is 189 Å². The zero-order valence-electron chi connectivity index (χ0n) is 18.3. The van der Waals surface area contributed by atoms with Crippen molar-refractivity contribution in [3.63, 3.8) is 0 Å². The number of hydrogen-bond acceptors (Lipinski definition) is 5. The lowest BCUT2D eigenvalue weighted by molar-refractivity contribution is 0.0725. The predicted molar refractivity (Wildman–Crippen MR) is 127 cm³/mol. The van der Waals surface area contributed by atoms with E-state index >= 15 is 0 Å². The van der Waals surface area contributed by atoms with Crippen LogP contribution in [0.1, 0.15) is 46.3 Å². The maximum atomic E-state index is 13.0. The molecule has 0 atom stereocenters. The highest BCUT2D eigenvalue weighted by atomic mass is 16.2. The second-order valence-corrected chi connectivity index (χ2v) is 8.57. The van der Waals surface area contributed by atoms with Crippen molar-refractivity contribution in [2.24, 2.45) is 0 Å². The van der Waals surface area contributed by atoms with Crippen molar-refractivity contribution in [1.82, 2.24) is 14.9 Å². The molecule has 4 heterocycles. The first-order chi connectivity index (χ1) is 15.8. The average Bonchev–Trinajstić information content (AvgIpc) is 2.88. The predicted octanol–water partition coefficient (Wildman–Crippen LogP) is 4.28. The molecule has 1 aromatic carbocycles.